The van der Waals surface area contributed by atoms with E-state index in [1.165, 1.54) is 0 Å². The van der Waals surface area contributed by atoms with Crippen molar-refractivity contribution in [2.45, 2.75) is 13.0 Å². The molecule has 0 saturated heterocycles. The van der Waals surface area contributed by atoms with Gasteiger partial charge in [0.2, 0.25) is 0 Å². The molecule has 5 heteroatoms. The fraction of sp³-hybridized carbons (Fsp3) is 0.188. The minimum Gasteiger partial charge on any atom is -0.482 e. The smallest absolute Gasteiger partial charge is 0.258 e. The average Bonchev–Trinajstić information content (AvgIpc) is 2.47. The molecule has 1 atom stereocenters. The summed E-state index contributed by atoms with van der Waals surface area (Å²) in [7, 11) is 0. The van der Waals surface area contributed by atoms with Gasteiger partial charge in [-0.3, -0.25) is 4.79 Å². The third-order valence-electron chi connectivity index (χ3n) is 2.93. The van der Waals surface area contributed by atoms with Crippen LogP contribution >= 0.6 is 27.5 Å². The van der Waals surface area contributed by atoms with Crippen LogP contribution in [0.2, 0.25) is 5.02 Å². The summed E-state index contributed by atoms with van der Waals surface area (Å²) in [5, 5.41) is 3.35. The summed E-state index contributed by atoms with van der Waals surface area (Å²) in [6.45, 7) is 1.86. The Balaban J connectivity index is 1.87. The van der Waals surface area contributed by atoms with Crippen LogP contribution in [0, 0.1) is 0 Å². The zero-order valence-electron chi connectivity index (χ0n) is 11.5. The van der Waals surface area contributed by atoms with E-state index in [2.05, 4.69) is 21.2 Å². The SMILES string of the molecule is C[C@H](NC(=O)COc1ccc(Br)cc1Cl)c1ccccc1. The van der Waals surface area contributed by atoms with Gasteiger partial charge in [0, 0.05) is 4.47 Å². The number of benzene rings is 2. The predicted molar refractivity (Wildman–Crippen MR) is 87.6 cm³/mol. The Morgan fingerprint density at radius 2 is 2.00 bits per heavy atom. The molecule has 110 valence electrons. The van der Waals surface area contributed by atoms with E-state index in [0.29, 0.717) is 10.8 Å². The van der Waals surface area contributed by atoms with E-state index in [1.54, 1.807) is 12.1 Å². The Bertz CT molecular complexity index is 619. The first-order valence-electron chi connectivity index (χ1n) is 6.48. The molecular weight excluding hydrogens is 354 g/mol. The first-order chi connectivity index (χ1) is 10.1. The first-order valence-corrected chi connectivity index (χ1v) is 7.65. The highest BCUT2D eigenvalue weighted by Gasteiger charge is 2.10. The lowest BCUT2D eigenvalue weighted by Crippen LogP contribution is -2.31. The number of halogens is 2. The number of ether oxygens (including phenoxy) is 1. The summed E-state index contributed by atoms with van der Waals surface area (Å²) in [5.74, 6) is 0.299. The molecule has 0 unspecified atom stereocenters. The molecule has 0 radical (unpaired) electrons. The first kappa shape index (κ1) is 15.9. The fourth-order valence-corrected chi connectivity index (χ4v) is 2.57. The highest BCUT2D eigenvalue weighted by atomic mass is 79.9. The van der Waals surface area contributed by atoms with Gasteiger partial charge in [-0.1, -0.05) is 57.9 Å². The Morgan fingerprint density at radius 3 is 2.67 bits per heavy atom. The van der Waals surface area contributed by atoms with Crippen LogP contribution in [0.15, 0.2) is 53.0 Å². The predicted octanol–water partition coefficient (Wildman–Crippen LogP) is 4.36. The lowest BCUT2D eigenvalue weighted by Gasteiger charge is -2.15. The number of carbonyl (C=O) groups excluding carboxylic acids is 1. The number of nitrogens with one attached hydrogen (secondary N) is 1. The van der Waals surface area contributed by atoms with Crippen LogP contribution in [0.4, 0.5) is 0 Å². The zero-order valence-corrected chi connectivity index (χ0v) is 13.8. The molecule has 0 aliphatic heterocycles. The number of hydrogen-bond donors (Lipinski definition) is 1. The molecule has 1 amide bonds. The molecule has 0 fully saturated rings. The Hall–Kier alpha value is -1.52. The minimum absolute atomic E-state index is 0.0670. The topological polar surface area (TPSA) is 38.3 Å². The van der Waals surface area contributed by atoms with Gasteiger partial charge >= 0.3 is 0 Å². The summed E-state index contributed by atoms with van der Waals surface area (Å²) in [4.78, 5) is 11.9. The number of rotatable bonds is 5. The van der Waals surface area contributed by atoms with Crippen molar-refractivity contribution in [2.75, 3.05) is 6.61 Å². The van der Waals surface area contributed by atoms with E-state index in [0.717, 1.165) is 10.0 Å². The van der Waals surface area contributed by atoms with Gasteiger partial charge in [-0.15, -0.1) is 0 Å². The van der Waals surface area contributed by atoms with Gasteiger partial charge in [-0.05, 0) is 30.7 Å². The van der Waals surface area contributed by atoms with Crippen molar-refractivity contribution in [3.05, 3.63) is 63.6 Å². The van der Waals surface area contributed by atoms with E-state index in [-0.39, 0.29) is 18.6 Å². The summed E-state index contributed by atoms with van der Waals surface area (Å²) in [6.07, 6.45) is 0. The number of amides is 1. The van der Waals surface area contributed by atoms with Gasteiger partial charge in [0.25, 0.3) is 5.91 Å². The maximum Gasteiger partial charge on any atom is 0.258 e. The summed E-state index contributed by atoms with van der Waals surface area (Å²) >= 11 is 9.34. The fourth-order valence-electron chi connectivity index (χ4n) is 1.84. The van der Waals surface area contributed by atoms with Crippen LogP contribution in [-0.2, 0) is 4.79 Å². The third kappa shape index (κ3) is 4.76. The quantitative estimate of drug-likeness (QED) is 0.851. The second-order valence-corrected chi connectivity index (χ2v) is 5.89. The second kappa shape index (κ2) is 7.48. The molecule has 21 heavy (non-hydrogen) atoms. The normalized spacial score (nSPS) is 11.8. The van der Waals surface area contributed by atoms with Crippen LogP contribution in [-0.4, -0.2) is 12.5 Å². The highest BCUT2D eigenvalue weighted by Crippen LogP contribution is 2.27. The molecule has 3 nitrogen and oxygen atoms in total. The molecule has 0 aromatic heterocycles. The summed E-state index contributed by atoms with van der Waals surface area (Å²) in [6, 6.07) is 15.0. The van der Waals surface area contributed by atoms with Crippen molar-refractivity contribution in [3.8, 4) is 5.75 Å². The standard InChI is InChI=1S/C16H15BrClNO2/c1-11(12-5-3-2-4-6-12)19-16(20)10-21-15-8-7-13(17)9-14(15)18/h2-9,11H,10H2,1H3,(H,19,20)/t11-/m0/s1. The van der Waals surface area contributed by atoms with Crippen LogP contribution in [0.5, 0.6) is 5.75 Å². The van der Waals surface area contributed by atoms with E-state index in [9.17, 15) is 4.79 Å². The Morgan fingerprint density at radius 1 is 1.29 bits per heavy atom. The van der Waals surface area contributed by atoms with Gasteiger partial charge in [-0.2, -0.15) is 0 Å². The maximum atomic E-state index is 11.9. The lowest BCUT2D eigenvalue weighted by atomic mass is 10.1. The Kier molecular flexibility index (Phi) is 5.65. The van der Waals surface area contributed by atoms with Gasteiger partial charge in [-0.25, -0.2) is 0 Å². The monoisotopic (exact) mass is 367 g/mol. The average molecular weight is 369 g/mol. The molecule has 0 heterocycles. The van der Waals surface area contributed by atoms with Crippen molar-refractivity contribution in [1.29, 1.82) is 0 Å². The van der Waals surface area contributed by atoms with Crippen LogP contribution in [0.1, 0.15) is 18.5 Å². The third-order valence-corrected chi connectivity index (χ3v) is 3.72. The van der Waals surface area contributed by atoms with Crippen LogP contribution < -0.4 is 10.1 Å². The second-order valence-electron chi connectivity index (χ2n) is 4.56. The minimum atomic E-state index is -0.190. The van der Waals surface area contributed by atoms with Crippen molar-refractivity contribution < 1.29 is 9.53 Å². The molecule has 2 aromatic rings. The van der Waals surface area contributed by atoms with Gasteiger partial charge in [0.05, 0.1) is 11.1 Å². The van der Waals surface area contributed by atoms with Gasteiger partial charge in [0.1, 0.15) is 5.75 Å². The molecule has 2 aromatic carbocycles. The van der Waals surface area contributed by atoms with Gasteiger partial charge in [0.15, 0.2) is 6.61 Å². The molecule has 1 N–H and O–H groups in total. The Labute approximate surface area is 137 Å². The molecule has 0 aliphatic carbocycles. The molecule has 2 rings (SSSR count). The molecule has 0 bridgehead atoms. The van der Waals surface area contributed by atoms with E-state index in [4.69, 9.17) is 16.3 Å². The molecular formula is C16H15BrClNO2. The summed E-state index contributed by atoms with van der Waals surface area (Å²) in [5.41, 5.74) is 1.05. The lowest BCUT2D eigenvalue weighted by molar-refractivity contribution is -0.123. The largest absolute Gasteiger partial charge is 0.482 e. The molecule has 0 aliphatic rings. The van der Waals surface area contributed by atoms with Crippen LogP contribution in [0.3, 0.4) is 0 Å². The van der Waals surface area contributed by atoms with Crippen molar-refractivity contribution in [1.82, 2.24) is 5.32 Å². The maximum absolute atomic E-state index is 11.9. The van der Waals surface area contributed by atoms with Crippen LogP contribution in [0.25, 0.3) is 0 Å². The van der Waals surface area contributed by atoms with Crippen molar-refractivity contribution in [2.24, 2.45) is 0 Å². The van der Waals surface area contributed by atoms with Gasteiger partial charge < -0.3 is 10.1 Å². The number of hydrogen-bond acceptors (Lipinski definition) is 2. The molecule has 0 saturated carbocycles. The zero-order chi connectivity index (χ0) is 15.2. The summed E-state index contributed by atoms with van der Waals surface area (Å²) < 4.78 is 6.29. The highest BCUT2D eigenvalue weighted by molar-refractivity contribution is 9.10. The van der Waals surface area contributed by atoms with Crippen molar-refractivity contribution >= 4 is 33.4 Å². The van der Waals surface area contributed by atoms with E-state index in [1.807, 2.05) is 43.3 Å². The van der Waals surface area contributed by atoms with Crippen molar-refractivity contribution in [3.63, 3.8) is 0 Å². The van der Waals surface area contributed by atoms with E-state index >= 15 is 0 Å². The number of carbonyl (C=O) groups is 1. The van der Waals surface area contributed by atoms with E-state index < -0.39 is 0 Å². The molecule has 0 spiro atoms.